The molecule has 1 aliphatic rings. The predicted molar refractivity (Wildman–Crippen MR) is 253 cm³/mol. The van der Waals surface area contributed by atoms with Crippen LogP contribution in [0.2, 0.25) is 0 Å². The van der Waals surface area contributed by atoms with Crippen molar-refractivity contribution in [1.82, 2.24) is 31.1 Å². The summed E-state index contributed by atoms with van der Waals surface area (Å²) in [7, 11) is -2.05. The van der Waals surface area contributed by atoms with Crippen LogP contribution in [0.25, 0.3) is 0 Å². The topological polar surface area (TPSA) is 286 Å². The van der Waals surface area contributed by atoms with Gasteiger partial charge in [0.05, 0.1) is 13.2 Å². The Morgan fingerprint density at radius 1 is 0.942 bits per heavy atom. The molecule has 21 nitrogen and oxygen atoms in total. The van der Waals surface area contributed by atoms with E-state index in [1.54, 1.807) is 78.0 Å². The molecule has 0 aliphatic carbocycles. The molecule has 1 aliphatic heterocycles. The summed E-state index contributed by atoms with van der Waals surface area (Å²) >= 11 is 0. The molecular weight excluding hydrogens is 920 g/mol. The van der Waals surface area contributed by atoms with Crippen LogP contribution in [0.3, 0.4) is 0 Å². The first kappa shape index (κ1) is 59.5. The number of ether oxygens (including phenoxy) is 3. The third-order valence-electron chi connectivity index (χ3n) is 11.7. The number of likely N-dealkylation sites (N-methyl/N-ethyl adjacent to an activating group) is 2. The quantitative estimate of drug-likeness (QED) is 0.0577. The van der Waals surface area contributed by atoms with Crippen molar-refractivity contribution < 1.29 is 71.4 Å². The fourth-order valence-electron chi connectivity index (χ4n) is 7.19. The number of alkyl carbamates (subject to hydrolysis) is 1. The Balaban J connectivity index is 2.71. The van der Waals surface area contributed by atoms with E-state index >= 15 is 0 Å². The standard InChI is InChI=1S/C47H73N6O15P/c1-13-28(5)39-42(56)50-33(10)46(60)68-40(29(6)14-2)31(8)36(67-47(61)48-22-23-65-69(62,63)64)21-20-30(7)45(59)66-37(24-27(3)4)41(55)49-32(9)43(57)53(12)35(25-34-18-16-15-17-19-34)44(58)52(11)26-38(54)51-39/h14-20,27-28,31-33,35-37,39-40H,13,21-26H2,1-12H3,(H,48,61)(H,49,55)(H,50,56)(H,51,54)(H2,62,63,64)/b29-14+,30-20+/t28?,31-,32-,33+,35+,36-,37+,39-,40+/m0/s1. The number of hydrogen-bond acceptors (Lipinski definition) is 13. The zero-order valence-electron chi connectivity index (χ0n) is 41.8. The zero-order chi connectivity index (χ0) is 52.3. The number of carbonyl (C=O) groups is 8. The number of nitrogens with zero attached hydrogens (tertiary/aromatic N) is 2. The van der Waals surface area contributed by atoms with Gasteiger partial charge in [0.25, 0.3) is 5.91 Å². The fraction of sp³-hybridized carbons (Fsp3) is 0.617. The summed E-state index contributed by atoms with van der Waals surface area (Å²) in [4.78, 5) is 131. The molecular formula is C47H73N6O15P. The number of hydrogen-bond donors (Lipinski definition) is 6. The number of amides is 6. The SMILES string of the molecule is C/C=C(\C)[C@H]1OC(=O)[C@@H](C)NC(=O)[C@H](C(C)CC)NC(=O)CN(C)C(=O)[C@@H](Cc2ccccc2)N(C)C(=O)[C@H](C)NC(=O)[C@@H](CC(C)C)OC(=O)/C(C)=C/C[C@H](OC(=O)NCCOP(=O)(O)O)[C@@H]1C. The lowest BCUT2D eigenvalue weighted by Gasteiger charge is -2.33. The molecule has 0 spiro atoms. The van der Waals surface area contributed by atoms with Gasteiger partial charge < -0.3 is 55.1 Å². The zero-order valence-corrected chi connectivity index (χ0v) is 42.7. The molecule has 386 valence electrons. The van der Waals surface area contributed by atoms with Gasteiger partial charge >= 0.3 is 25.9 Å². The first-order valence-corrected chi connectivity index (χ1v) is 24.5. The summed E-state index contributed by atoms with van der Waals surface area (Å²) in [6, 6.07) is 4.06. The first-order chi connectivity index (χ1) is 32.2. The van der Waals surface area contributed by atoms with Crippen molar-refractivity contribution in [3.8, 4) is 0 Å². The van der Waals surface area contributed by atoms with Gasteiger partial charge in [-0.1, -0.05) is 83.5 Å². The number of benzene rings is 1. The van der Waals surface area contributed by atoms with Gasteiger partial charge in [-0.3, -0.25) is 28.5 Å². The molecule has 0 saturated heterocycles. The Morgan fingerprint density at radius 2 is 1.57 bits per heavy atom. The van der Waals surface area contributed by atoms with Gasteiger partial charge in [0, 0.05) is 45.0 Å². The summed E-state index contributed by atoms with van der Waals surface area (Å²) in [5, 5.41) is 10.3. The van der Waals surface area contributed by atoms with Gasteiger partial charge in [0.15, 0.2) is 6.10 Å². The molecule has 0 fully saturated rings. The number of esters is 2. The molecule has 0 aromatic heterocycles. The highest BCUT2D eigenvalue weighted by Crippen LogP contribution is 2.35. The van der Waals surface area contributed by atoms with Gasteiger partial charge in [0.1, 0.15) is 36.4 Å². The van der Waals surface area contributed by atoms with Gasteiger partial charge in [0.2, 0.25) is 23.6 Å². The average Bonchev–Trinajstić information content (AvgIpc) is 3.29. The van der Waals surface area contributed by atoms with Gasteiger partial charge in [-0.15, -0.1) is 0 Å². The van der Waals surface area contributed by atoms with Crippen LogP contribution < -0.4 is 21.3 Å². The minimum Gasteiger partial charge on any atom is -0.456 e. The van der Waals surface area contributed by atoms with Crippen molar-refractivity contribution in [2.45, 2.75) is 137 Å². The van der Waals surface area contributed by atoms with Gasteiger partial charge in [-0.05, 0) is 64.0 Å². The van der Waals surface area contributed by atoms with Crippen LogP contribution in [0.1, 0.15) is 94.1 Å². The van der Waals surface area contributed by atoms with Crippen LogP contribution >= 0.6 is 7.82 Å². The molecule has 1 unspecified atom stereocenters. The van der Waals surface area contributed by atoms with E-state index in [1.165, 1.54) is 45.8 Å². The summed E-state index contributed by atoms with van der Waals surface area (Å²) in [5.41, 5.74) is 1.22. The van der Waals surface area contributed by atoms with Crippen molar-refractivity contribution in [2.75, 3.05) is 33.8 Å². The Morgan fingerprint density at radius 3 is 2.14 bits per heavy atom. The van der Waals surface area contributed by atoms with Crippen molar-refractivity contribution in [3.63, 3.8) is 0 Å². The predicted octanol–water partition coefficient (Wildman–Crippen LogP) is 3.08. The second kappa shape index (κ2) is 28.1. The Labute approximate surface area is 405 Å². The summed E-state index contributed by atoms with van der Waals surface area (Å²) < 4.78 is 33.0. The smallest absolute Gasteiger partial charge is 0.456 e. The lowest BCUT2D eigenvalue weighted by atomic mass is 9.90. The maximum absolute atomic E-state index is 14.2. The van der Waals surface area contributed by atoms with Crippen LogP contribution in [0.15, 0.2) is 53.6 Å². The Hall–Kier alpha value is -5.63. The van der Waals surface area contributed by atoms with E-state index < -0.39 is 123 Å². The molecule has 22 heteroatoms. The van der Waals surface area contributed by atoms with E-state index in [-0.39, 0.29) is 37.3 Å². The molecule has 1 aromatic rings. The highest BCUT2D eigenvalue weighted by molar-refractivity contribution is 7.46. The summed E-state index contributed by atoms with van der Waals surface area (Å²) in [6.45, 7) is 14.9. The second-order valence-corrected chi connectivity index (χ2v) is 19.1. The van der Waals surface area contributed by atoms with Crippen LogP contribution in [0.5, 0.6) is 0 Å². The van der Waals surface area contributed by atoms with Crippen molar-refractivity contribution in [2.24, 2.45) is 17.8 Å². The van der Waals surface area contributed by atoms with E-state index in [9.17, 15) is 42.9 Å². The van der Waals surface area contributed by atoms with E-state index in [4.69, 9.17) is 24.0 Å². The molecule has 69 heavy (non-hydrogen) atoms. The van der Waals surface area contributed by atoms with Crippen molar-refractivity contribution >= 4 is 55.4 Å². The molecule has 6 amide bonds. The number of carbonyl (C=O) groups excluding carboxylic acids is 8. The summed E-state index contributed by atoms with van der Waals surface area (Å²) in [5.74, 6) is -6.73. The Kier molecular flexibility index (Phi) is 24.3. The van der Waals surface area contributed by atoms with Crippen molar-refractivity contribution in [3.05, 3.63) is 59.2 Å². The molecule has 0 radical (unpaired) electrons. The highest BCUT2D eigenvalue weighted by Gasteiger charge is 2.37. The molecule has 9 atom stereocenters. The van der Waals surface area contributed by atoms with Gasteiger partial charge in [-0.25, -0.2) is 18.9 Å². The minimum atomic E-state index is -4.83. The van der Waals surface area contributed by atoms with Gasteiger partial charge in [-0.2, -0.15) is 0 Å². The minimum absolute atomic E-state index is 0.0000746. The largest absolute Gasteiger partial charge is 0.469 e. The average molecular weight is 993 g/mol. The molecule has 1 aromatic carbocycles. The lowest BCUT2D eigenvalue weighted by molar-refractivity contribution is -0.155. The van der Waals surface area contributed by atoms with E-state index in [0.29, 0.717) is 17.6 Å². The molecule has 6 N–H and O–H groups in total. The normalized spacial score (nSPS) is 26.4. The third kappa shape index (κ3) is 19.7. The highest BCUT2D eigenvalue weighted by atomic mass is 31.2. The van der Waals surface area contributed by atoms with Crippen LogP contribution in [0.4, 0.5) is 4.79 Å². The molecule has 2 rings (SSSR count). The number of phosphoric ester groups is 1. The first-order valence-electron chi connectivity index (χ1n) is 23.0. The van der Waals surface area contributed by atoms with Crippen LogP contribution in [0, 0.1) is 17.8 Å². The fourth-order valence-corrected chi connectivity index (χ4v) is 7.52. The van der Waals surface area contributed by atoms with Crippen LogP contribution in [-0.4, -0.2) is 143 Å². The number of rotatable bonds is 12. The molecule has 0 bridgehead atoms. The lowest BCUT2D eigenvalue weighted by Crippen LogP contribution is -2.57. The number of nitrogens with one attached hydrogen (secondary N) is 4. The van der Waals surface area contributed by atoms with E-state index in [0.717, 1.165) is 4.90 Å². The maximum Gasteiger partial charge on any atom is 0.469 e. The summed E-state index contributed by atoms with van der Waals surface area (Å²) in [6.07, 6.45) is -1.25. The Bertz CT molecular complexity index is 2060. The van der Waals surface area contributed by atoms with E-state index in [2.05, 4.69) is 25.8 Å². The third-order valence-corrected chi connectivity index (χ3v) is 12.2. The van der Waals surface area contributed by atoms with E-state index in [1.807, 2.05) is 6.92 Å². The number of phosphoric acid groups is 1. The van der Waals surface area contributed by atoms with Crippen LogP contribution in [-0.2, 0) is 63.3 Å². The maximum atomic E-state index is 14.2. The van der Waals surface area contributed by atoms with Crippen molar-refractivity contribution in [1.29, 1.82) is 0 Å². The number of cyclic esters (lactones) is 2. The molecule has 1 heterocycles. The second-order valence-electron chi connectivity index (χ2n) is 17.8. The monoisotopic (exact) mass is 992 g/mol. The molecule has 0 saturated carbocycles. The number of allylic oxidation sites excluding steroid dienone is 1.